The third kappa shape index (κ3) is 2.99. The van der Waals surface area contributed by atoms with Crippen molar-refractivity contribution in [2.24, 2.45) is 11.8 Å². The Morgan fingerprint density at radius 2 is 1.85 bits per heavy atom. The number of hydrogen-bond donors (Lipinski definition) is 1. The number of benzene rings is 1. The van der Waals surface area contributed by atoms with Gasteiger partial charge in [-0.3, -0.25) is 0 Å². The number of anilines is 1. The maximum absolute atomic E-state index is 12.7. The van der Waals surface area contributed by atoms with E-state index in [1.54, 1.807) is 16.4 Å². The van der Waals surface area contributed by atoms with Gasteiger partial charge >= 0.3 is 0 Å². The van der Waals surface area contributed by atoms with Gasteiger partial charge in [-0.1, -0.05) is 26.8 Å². The van der Waals surface area contributed by atoms with Crippen LogP contribution in [0.4, 0.5) is 5.69 Å². The first-order chi connectivity index (χ1) is 9.34. The SMILES string of the molecule is CCc1ccc(S(=O)(=O)N2CC(C)CC(C)C2)cc1N. The van der Waals surface area contributed by atoms with Crippen LogP contribution in [0, 0.1) is 11.8 Å². The van der Waals surface area contributed by atoms with Crippen LogP contribution in [0.1, 0.15) is 32.8 Å². The number of nitrogens with two attached hydrogens (primary N) is 1. The van der Waals surface area contributed by atoms with Gasteiger partial charge in [-0.25, -0.2) is 8.42 Å². The van der Waals surface area contributed by atoms with Crippen LogP contribution in [0.3, 0.4) is 0 Å². The molecule has 0 aromatic heterocycles. The minimum atomic E-state index is -3.42. The highest BCUT2D eigenvalue weighted by Crippen LogP contribution is 2.28. The van der Waals surface area contributed by atoms with Gasteiger partial charge in [0.2, 0.25) is 10.0 Å². The summed E-state index contributed by atoms with van der Waals surface area (Å²) in [6, 6.07) is 5.09. The van der Waals surface area contributed by atoms with E-state index in [9.17, 15) is 8.42 Å². The number of rotatable bonds is 3. The molecular formula is C15H24N2O2S. The average Bonchev–Trinajstić information content (AvgIpc) is 2.37. The van der Waals surface area contributed by atoms with Crippen molar-refractivity contribution in [3.63, 3.8) is 0 Å². The maximum atomic E-state index is 12.7. The van der Waals surface area contributed by atoms with Crippen molar-refractivity contribution >= 4 is 15.7 Å². The molecule has 1 fully saturated rings. The van der Waals surface area contributed by atoms with Crippen molar-refractivity contribution in [3.8, 4) is 0 Å². The molecule has 1 saturated heterocycles. The number of nitrogens with zero attached hydrogens (tertiary/aromatic N) is 1. The fraction of sp³-hybridized carbons (Fsp3) is 0.600. The molecule has 1 aromatic carbocycles. The normalized spacial score (nSPS) is 24.8. The Bertz CT molecular complexity index is 574. The number of hydrogen-bond acceptors (Lipinski definition) is 3. The molecule has 1 aliphatic heterocycles. The van der Waals surface area contributed by atoms with Gasteiger partial charge in [0.1, 0.15) is 0 Å². The summed E-state index contributed by atoms with van der Waals surface area (Å²) in [4.78, 5) is 0.313. The third-order valence-electron chi connectivity index (χ3n) is 3.97. The summed E-state index contributed by atoms with van der Waals surface area (Å²) < 4.78 is 27.0. The van der Waals surface area contributed by atoms with Gasteiger partial charge in [-0.15, -0.1) is 0 Å². The first kappa shape index (κ1) is 15.3. The van der Waals surface area contributed by atoms with Crippen LogP contribution in [0.2, 0.25) is 0 Å². The Labute approximate surface area is 122 Å². The fourth-order valence-electron chi connectivity index (χ4n) is 3.01. The molecule has 0 spiro atoms. The van der Waals surface area contributed by atoms with Gasteiger partial charge in [0, 0.05) is 18.8 Å². The van der Waals surface area contributed by atoms with E-state index in [1.807, 2.05) is 13.0 Å². The van der Waals surface area contributed by atoms with E-state index >= 15 is 0 Å². The van der Waals surface area contributed by atoms with E-state index in [2.05, 4.69) is 13.8 Å². The summed E-state index contributed by atoms with van der Waals surface area (Å²) in [7, 11) is -3.42. The zero-order valence-corrected chi connectivity index (χ0v) is 13.3. The van der Waals surface area contributed by atoms with Gasteiger partial charge in [0.15, 0.2) is 0 Å². The minimum absolute atomic E-state index is 0.313. The molecule has 4 nitrogen and oxygen atoms in total. The molecule has 5 heteroatoms. The third-order valence-corrected chi connectivity index (χ3v) is 5.80. The first-order valence-corrected chi connectivity index (χ1v) is 8.67. The Morgan fingerprint density at radius 1 is 1.25 bits per heavy atom. The maximum Gasteiger partial charge on any atom is 0.243 e. The molecule has 0 aliphatic carbocycles. The predicted molar refractivity (Wildman–Crippen MR) is 81.9 cm³/mol. The molecule has 0 bridgehead atoms. The van der Waals surface area contributed by atoms with E-state index in [0.29, 0.717) is 35.5 Å². The van der Waals surface area contributed by atoms with Crippen molar-refractivity contribution in [1.82, 2.24) is 4.31 Å². The van der Waals surface area contributed by atoms with Crippen LogP contribution >= 0.6 is 0 Å². The Kier molecular flexibility index (Phi) is 4.39. The van der Waals surface area contributed by atoms with Crippen LogP contribution in [0.15, 0.2) is 23.1 Å². The van der Waals surface area contributed by atoms with E-state index < -0.39 is 10.0 Å². The lowest BCUT2D eigenvalue weighted by Crippen LogP contribution is -2.42. The molecule has 0 amide bonds. The molecule has 20 heavy (non-hydrogen) atoms. The predicted octanol–water partition coefficient (Wildman–Crippen LogP) is 2.50. The second kappa shape index (κ2) is 5.74. The molecule has 1 heterocycles. The second-order valence-corrected chi connectivity index (χ2v) is 7.92. The van der Waals surface area contributed by atoms with Crippen molar-refractivity contribution in [1.29, 1.82) is 0 Å². The zero-order chi connectivity index (χ0) is 14.9. The van der Waals surface area contributed by atoms with Crippen LogP contribution in [-0.2, 0) is 16.4 Å². The van der Waals surface area contributed by atoms with Gasteiger partial charge in [0.25, 0.3) is 0 Å². The van der Waals surface area contributed by atoms with E-state index in [1.165, 1.54) is 0 Å². The Hall–Kier alpha value is -1.07. The minimum Gasteiger partial charge on any atom is -0.398 e. The van der Waals surface area contributed by atoms with Gasteiger partial charge < -0.3 is 5.73 Å². The molecule has 2 N–H and O–H groups in total. The molecule has 1 aromatic rings. The molecule has 2 rings (SSSR count). The molecule has 0 saturated carbocycles. The molecule has 2 unspecified atom stereocenters. The van der Waals surface area contributed by atoms with Crippen LogP contribution < -0.4 is 5.73 Å². The van der Waals surface area contributed by atoms with Crippen molar-refractivity contribution in [2.45, 2.75) is 38.5 Å². The van der Waals surface area contributed by atoms with Crippen molar-refractivity contribution in [2.75, 3.05) is 18.8 Å². The first-order valence-electron chi connectivity index (χ1n) is 7.23. The van der Waals surface area contributed by atoms with Crippen LogP contribution in [0.5, 0.6) is 0 Å². The van der Waals surface area contributed by atoms with Crippen molar-refractivity contribution in [3.05, 3.63) is 23.8 Å². The summed E-state index contributed by atoms with van der Waals surface area (Å²) in [5, 5.41) is 0. The lowest BCUT2D eigenvalue weighted by Gasteiger charge is -2.34. The molecule has 1 aliphatic rings. The summed E-state index contributed by atoms with van der Waals surface area (Å²) in [5.74, 6) is 0.807. The fourth-order valence-corrected chi connectivity index (χ4v) is 4.72. The number of nitrogen functional groups attached to an aromatic ring is 1. The quantitative estimate of drug-likeness (QED) is 0.872. The van der Waals surface area contributed by atoms with Crippen molar-refractivity contribution < 1.29 is 8.42 Å². The summed E-state index contributed by atoms with van der Waals surface area (Å²) >= 11 is 0. The Balaban J connectivity index is 2.32. The summed E-state index contributed by atoms with van der Waals surface area (Å²) in [6.07, 6.45) is 1.90. The highest BCUT2D eigenvalue weighted by molar-refractivity contribution is 7.89. The van der Waals surface area contributed by atoms with Crippen LogP contribution in [-0.4, -0.2) is 25.8 Å². The van der Waals surface area contributed by atoms with Gasteiger partial charge in [-0.2, -0.15) is 4.31 Å². The zero-order valence-electron chi connectivity index (χ0n) is 12.5. The monoisotopic (exact) mass is 296 g/mol. The summed E-state index contributed by atoms with van der Waals surface area (Å²) in [5.41, 5.74) is 7.48. The highest BCUT2D eigenvalue weighted by atomic mass is 32.2. The van der Waals surface area contributed by atoms with Crippen LogP contribution in [0.25, 0.3) is 0 Å². The summed E-state index contributed by atoms with van der Waals surface area (Å²) in [6.45, 7) is 7.41. The number of piperidine rings is 1. The van der Waals surface area contributed by atoms with Gasteiger partial charge in [-0.05, 0) is 42.4 Å². The van der Waals surface area contributed by atoms with E-state index in [-0.39, 0.29) is 0 Å². The van der Waals surface area contributed by atoms with E-state index in [0.717, 1.165) is 18.4 Å². The Morgan fingerprint density at radius 3 is 2.35 bits per heavy atom. The molecule has 112 valence electrons. The largest absolute Gasteiger partial charge is 0.398 e. The topological polar surface area (TPSA) is 63.4 Å². The smallest absolute Gasteiger partial charge is 0.243 e. The van der Waals surface area contributed by atoms with Gasteiger partial charge in [0.05, 0.1) is 4.90 Å². The second-order valence-electron chi connectivity index (χ2n) is 5.98. The molecule has 0 radical (unpaired) electrons. The standard InChI is InChI=1S/C15H24N2O2S/c1-4-13-5-6-14(8-15(13)16)20(18,19)17-9-11(2)7-12(3)10-17/h5-6,8,11-12H,4,7,9-10,16H2,1-3H3. The average molecular weight is 296 g/mol. The molecule has 2 atom stereocenters. The number of aryl methyl sites for hydroxylation is 1. The number of sulfonamides is 1. The van der Waals surface area contributed by atoms with E-state index in [4.69, 9.17) is 5.73 Å². The lowest BCUT2D eigenvalue weighted by atomic mass is 9.94. The lowest BCUT2D eigenvalue weighted by molar-refractivity contribution is 0.222. The molecular weight excluding hydrogens is 272 g/mol. The highest BCUT2D eigenvalue weighted by Gasteiger charge is 2.31.